The molecule has 23 heavy (non-hydrogen) atoms. The van der Waals surface area contributed by atoms with Crippen molar-refractivity contribution < 1.29 is 17.9 Å². The number of hydrogen-bond acceptors (Lipinski definition) is 3. The molecule has 1 aromatic carbocycles. The summed E-state index contributed by atoms with van der Waals surface area (Å²) in [6.07, 6.45) is 2.01. The van der Waals surface area contributed by atoms with Gasteiger partial charge in [-0.05, 0) is 32.2 Å². The lowest BCUT2D eigenvalue weighted by Crippen LogP contribution is -2.43. The summed E-state index contributed by atoms with van der Waals surface area (Å²) in [6, 6.07) is 3.83. The van der Waals surface area contributed by atoms with Crippen molar-refractivity contribution in [1.82, 2.24) is 10.6 Å². The molecule has 0 aromatic heterocycles. The van der Waals surface area contributed by atoms with E-state index >= 15 is 0 Å². The van der Waals surface area contributed by atoms with E-state index in [4.69, 9.17) is 0 Å². The van der Waals surface area contributed by atoms with E-state index in [1.165, 1.54) is 18.2 Å². The molecule has 1 rings (SSSR count). The standard InChI is InChI=1S/C15H22F3N3OS/c1-15(2,23-4)9-21-14(19-3)20-8-10-11(16)6-5-7-12(10)22-13(17)18/h5-7,13H,8-9H2,1-4H3,(H2,19,20,21). The zero-order chi connectivity index (χ0) is 17.5. The lowest BCUT2D eigenvalue weighted by molar-refractivity contribution is -0.0506. The molecular weight excluding hydrogens is 327 g/mol. The molecule has 0 aliphatic carbocycles. The summed E-state index contributed by atoms with van der Waals surface area (Å²) in [5.74, 6) is -0.346. The second-order valence-corrected chi connectivity index (χ2v) is 6.85. The maximum absolute atomic E-state index is 13.9. The third-order valence-corrected chi connectivity index (χ3v) is 4.43. The molecule has 0 fully saturated rings. The molecule has 0 atom stereocenters. The zero-order valence-corrected chi connectivity index (χ0v) is 14.4. The molecule has 1 aromatic rings. The Balaban J connectivity index is 2.72. The Bertz CT molecular complexity index is 539. The number of aliphatic imine (C=N–C) groups is 1. The van der Waals surface area contributed by atoms with Crippen LogP contribution in [0.15, 0.2) is 23.2 Å². The largest absolute Gasteiger partial charge is 0.434 e. The van der Waals surface area contributed by atoms with Crippen molar-refractivity contribution in [3.63, 3.8) is 0 Å². The van der Waals surface area contributed by atoms with Gasteiger partial charge in [0.15, 0.2) is 5.96 Å². The summed E-state index contributed by atoms with van der Waals surface area (Å²) in [5, 5.41) is 6.02. The van der Waals surface area contributed by atoms with E-state index in [-0.39, 0.29) is 22.6 Å². The summed E-state index contributed by atoms with van der Waals surface area (Å²) >= 11 is 1.70. The van der Waals surface area contributed by atoms with Crippen LogP contribution in [0.4, 0.5) is 13.2 Å². The molecule has 130 valence electrons. The van der Waals surface area contributed by atoms with Gasteiger partial charge in [-0.15, -0.1) is 0 Å². The summed E-state index contributed by atoms with van der Waals surface area (Å²) in [4.78, 5) is 4.03. The van der Waals surface area contributed by atoms with Gasteiger partial charge >= 0.3 is 6.61 Å². The number of halogens is 3. The van der Waals surface area contributed by atoms with Gasteiger partial charge in [-0.25, -0.2) is 4.39 Å². The van der Waals surface area contributed by atoms with Crippen molar-refractivity contribution in [2.45, 2.75) is 31.8 Å². The fourth-order valence-corrected chi connectivity index (χ4v) is 1.89. The van der Waals surface area contributed by atoms with Crippen LogP contribution in [0.5, 0.6) is 5.75 Å². The van der Waals surface area contributed by atoms with E-state index in [2.05, 4.69) is 34.2 Å². The van der Waals surface area contributed by atoms with E-state index in [0.717, 1.165) is 0 Å². The van der Waals surface area contributed by atoms with Crippen LogP contribution in [0.2, 0.25) is 0 Å². The Hall–Kier alpha value is -1.57. The minimum atomic E-state index is -3.00. The van der Waals surface area contributed by atoms with Crippen molar-refractivity contribution in [3.8, 4) is 5.75 Å². The van der Waals surface area contributed by atoms with Crippen LogP contribution in [-0.4, -0.2) is 37.2 Å². The molecule has 0 aliphatic rings. The van der Waals surface area contributed by atoms with Crippen LogP contribution in [0.3, 0.4) is 0 Å². The SMILES string of the molecule is CN=C(NCc1c(F)cccc1OC(F)F)NCC(C)(C)SC. The van der Waals surface area contributed by atoms with Crippen LogP contribution in [0.25, 0.3) is 0 Å². The van der Waals surface area contributed by atoms with Crippen molar-refractivity contribution in [1.29, 1.82) is 0 Å². The highest BCUT2D eigenvalue weighted by molar-refractivity contribution is 7.99. The van der Waals surface area contributed by atoms with Gasteiger partial charge < -0.3 is 15.4 Å². The average molecular weight is 349 g/mol. The first-order valence-electron chi connectivity index (χ1n) is 7.01. The smallest absolute Gasteiger partial charge is 0.387 e. The van der Waals surface area contributed by atoms with Gasteiger partial charge in [-0.3, -0.25) is 4.99 Å². The van der Waals surface area contributed by atoms with Crippen molar-refractivity contribution in [2.24, 2.45) is 4.99 Å². The van der Waals surface area contributed by atoms with Gasteiger partial charge in [0, 0.05) is 30.4 Å². The molecule has 0 saturated heterocycles. The number of benzene rings is 1. The second kappa shape index (κ2) is 8.90. The molecular formula is C15H22F3N3OS. The summed E-state index contributed by atoms with van der Waals surface area (Å²) in [6.45, 7) is 1.77. The van der Waals surface area contributed by atoms with E-state index in [9.17, 15) is 13.2 Å². The molecule has 0 bridgehead atoms. The minimum Gasteiger partial charge on any atom is -0.434 e. The summed E-state index contributed by atoms with van der Waals surface area (Å²) in [5.41, 5.74) is 0.0277. The van der Waals surface area contributed by atoms with Crippen LogP contribution < -0.4 is 15.4 Å². The van der Waals surface area contributed by atoms with Crippen LogP contribution in [-0.2, 0) is 6.54 Å². The van der Waals surface area contributed by atoms with Gasteiger partial charge in [-0.2, -0.15) is 20.5 Å². The second-order valence-electron chi connectivity index (χ2n) is 5.34. The van der Waals surface area contributed by atoms with Crippen LogP contribution in [0.1, 0.15) is 19.4 Å². The molecule has 0 unspecified atom stereocenters. The fourth-order valence-electron chi connectivity index (χ4n) is 1.68. The van der Waals surface area contributed by atoms with E-state index in [0.29, 0.717) is 12.5 Å². The highest BCUT2D eigenvalue weighted by atomic mass is 32.2. The molecule has 0 aliphatic heterocycles. The number of ether oxygens (including phenoxy) is 1. The molecule has 0 heterocycles. The third-order valence-electron chi connectivity index (χ3n) is 3.18. The van der Waals surface area contributed by atoms with E-state index in [1.807, 2.05) is 6.26 Å². The number of thioether (sulfide) groups is 1. The maximum Gasteiger partial charge on any atom is 0.387 e. The first kappa shape index (κ1) is 19.5. The van der Waals surface area contributed by atoms with Crippen LogP contribution in [0, 0.1) is 5.82 Å². The monoisotopic (exact) mass is 349 g/mol. The molecule has 2 N–H and O–H groups in total. The van der Waals surface area contributed by atoms with E-state index in [1.54, 1.807) is 18.8 Å². The topological polar surface area (TPSA) is 45.7 Å². The third kappa shape index (κ3) is 6.60. The van der Waals surface area contributed by atoms with Crippen molar-refractivity contribution in [3.05, 3.63) is 29.6 Å². The van der Waals surface area contributed by atoms with Crippen molar-refractivity contribution in [2.75, 3.05) is 19.8 Å². The first-order chi connectivity index (χ1) is 10.8. The van der Waals surface area contributed by atoms with Gasteiger partial charge in [0.25, 0.3) is 0 Å². The Labute approximate surface area is 138 Å². The number of alkyl halides is 2. The minimum absolute atomic E-state index is 0.000432. The van der Waals surface area contributed by atoms with Gasteiger partial charge in [0.05, 0.1) is 0 Å². The summed E-state index contributed by atoms with van der Waals surface area (Å²) < 4.78 is 43.0. The highest BCUT2D eigenvalue weighted by Gasteiger charge is 2.17. The zero-order valence-electron chi connectivity index (χ0n) is 13.6. The van der Waals surface area contributed by atoms with Crippen LogP contribution >= 0.6 is 11.8 Å². The summed E-state index contributed by atoms with van der Waals surface area (Å²) in [7, 11) is 1.58. The normalized spacial score (nSPS) is 12.4. The highest BCUT2D eigenvalue weighted by Crippen LogP contribution is 2.23. The molecule has 0 amide bonds. The lowest BCUT2D eigenvalue weighted by Gasteiger charge is -2.24. The Morgan fingerprint density at radius 2 is 2.04 bits per heavy atom. The number of guanidine groups is 1. The number of nitrogens with zero attached hydrogens (tertiary/aromatic N) is 1. The molecule has 4 nitrogen and oxygen atoms in total. The quantitative estimate of drug-likeness (QED) is 0.586. The Morgan fingerprint density at radius 1 is 1.35 bits per heavy atom. The fraction of sp³-hybridized carbons (Fsp3) is 0.533. The van der Waals surface area contributed by atoms with Crippen molar-refractivity contribution >= 4 is 17.7 Å². The molecule has 8 heteroatoms. The number of nitrogens with one attached hydrogen (secondary N) is 2. The maximum atomic E-state index is 13.9. The Kier molecular flexibility index (Phi) is 7.54. The van der Waals surface area contributed by atoms with E-state index < -0.39 is 12.4 Å². The molecule has 0 spiro atoms. The molecule has 0 radical (unpaired) electrons. The van der Waals surface area contributed by atoms with Gasteiger partial charge in [0.1, 0.15) is 11.6 Å². The Morgan fingerprint density at radius 3 is 2.61 bits per heavy atom. The predicted octanol–water partition coefficient (Wildman–Crippen LogP) is 3.23. The lowest BCUT2D eigenvalue weighted by atomic mass is 10.2. The molecule has 0 saturated carbocycles. The average Bonchev–Trinajstić information content (AvgIpc) is 2.49. The van der Waals surface area contributed by atoms with Gasteiger partial charge in [-0.1, -0.05) is 6.07 Å². The first-order valence-corrected chi connectivity index (χ1v) is 8.23. The number of hydrogen-bond donors (Lipinski definition) is 2. The predicted molar refractivity (Wildman–Crippen MR) is 88.8 cm³/mol. The van der Waals surface area contributed by atoms with Gasteiger partial charge in [0.2, 0.25) is 0 Å². The number of rotatable bonds is 7.